The molecule has 0 radical (unpaired) electrons. The second kappa shape index (κ2) is 7.23. The van der Waals surface area contributed by atoms with Crippen LogP contribution in [0, 0.1) is 20.8 Å². The number of carbonyl (C=O) groups is 1. The molecule has 26 heavy (non-hydrogen) atoms. The maximum atomic E-state index is 12.7. The summed E-state index contributed by atoms with van der Waals surface area (Å²) >= 11 is 0. The predicted molar refractivity (Wildman–Crippen MR) is 102 cm³/mol. The van der Waals surface area contributed by atoms with Crippen LogP contribution in [0.2, 0.25) is 0 Å². The quantitative estimate of drug-likeness (QED) is 0.562. The molecule has 0 unspecified atom stereocenters. The number of amides is 1. The molecule has 3 aromatic rings. The van der Waals surface area contributed by atoms with E-state index in [-0.39, 0.29) is 11.5 Å². The first-order valence-corrected chi connectivity index (χ1v) is 8.25. The molecule has 0 spiro atoms. The molecule has 0 aliphatic carbocycles. The average molecular weight is 348 g/mol. The Hall–Kier alpha value is -3.41. The molecule has 1 heterocycles. The molecule has 2 N–H and O–H groups in total. The highest BCUT2D eigenvalue weighted by atomic mass is 16.2. The van der Waals surface area contributed by atoms with Crippen molar-refractivity contribution in [2.24, 2.45) is 5.10 Å². The monoisotopic (exact) mass is 348 g/mol. The Kier molecular flexibility index (Phi) is 4.84. The molecule has 2 aromatic carbocycles. The normalized spacial score (nSPS) is 11.0. The Balaban J connectivity index is 1.84. The van der Waals surface area contributed by atoms with Crippen molar-refractivity contribution in [3.63, 3.8) is 0 Å². The fraction of sp³-hybridized carbons (Fsp3) is 0.150. The number of aromatic nitrogens is 2. The molecule has 3 rings (SSSR count). The van der Waals surface area contributed by atoms with Crippen LogP contribution in [-0.2, 0) is 0 Å². The minimum Gasteiger partial charge on any atom is -0.295 e. The van der Waals surface area contributed by atoms with Gasteiger partial charge in [0.2, 0.25) is 0 Å². The van der Waals surface area contributed by atoms with E-state index >= 15 is 0 Å². The summed E-state index contributed by atoms with van der Waals surface area (Å²) in [5.74, 6) is -0.329. The van der Waals surface area contributed by atoms with Gasteiger partial charge in [-0.25, -0.2) is 10.1 Å². The lowest BCUT2D eigenvalue weighted by Crippen LogP contribution is -2.20. The summed E-state index contributed by atoms with van der Waals surface area (Å²) in [6.45, 7) is 5.76. The molecule has 0 aliphatic rings. The summed E-state index contributed by atoms with van der Waals surface area (Å²) in [4.78, 5) is 24.7. The van der Waals surface area contributed by atoms with E-state index in [1.54, 1.807) is 31.2 Å². The number of carbonyl (C=O) groups excluding carboxylic acids is 1. The molecule has 0 saturated carbocycles. The van der Waals surface area contributed by atoms with Crippen molar-refractivity contribution in [1.82, 2.24) is 15.2 Å². The molecule has 0 atom stereocenters. The van der Waals surface area contributed by atoms with Crippen molar-refractivity contribution in [2.45, 2.75) is 20.8 Å². The number of rotatable bonds is 4. The Morgan fingerprint density at radius 3 is 2.54 bits per heavy atom. The topological polar surface area (TPSA) is 79.2 Å². The Bertz CT molecular complexity index is 1030. The maximum Gasteiger partial charge on any atom is 0.280 e. The van der Waals surface area contributed by atoms with E-state index in [9.17, 15) is 9.59 Å². The summed E-state index contributed by atoms with van der Waals surface area (Å²) in [5, 5.41) is 6.98. The van der Waals surface area contributed by atoms with Gasteiger partial charge < -0.3 is 0 Å². The van der Waals surface area contributed by atoms with E-state index in [2.05, 4.69) is 15.6 Å². The molecular weight excluding hydrogens is 328 g/mol. The molecular formula is C20H20N4O2. The molecule has 0 aliphatic heterocycles. The van der Waals surface area contributed by atoms with Crippen LogP contribution in [0.5, 0.6) is 0 Å². The number of hydrogen-bond donors (Lipinski definition) is 2. The second-order valence-electron chi connectivity index (χ2n) is 6.15. The minimum atomic E-state index is -0.329. The van der Waals surface area contributed by atoms with Crippen molar-refractivity contribution in [2.75, 3.05) is 0 Å². The highest BCUT2D eigenvalue weighted by Crippen LogP contribution is 2.14. The first-order chi connectivity index (χ1) is 12.5. The molecule has 1 amide bonds. The highest BCUT2D eigenvalue weighted by molar-refractivity contribution is 5.94. The summed E-state index contributed by atoms with van der Waals surface area (Å²) in [7, 11) is 0. The van der Waals surface area contributed by atoms with E-state index in [4.69, 9.17) is 0 Å². The van der Waals surface area contributed by atoms with Gasteiger partial charge in [0.15, 0.2) is 0 Å². The van der Waals surface area contributed by atoms with Gasteiger partial charge in [-0.2, -0.15) is 5.10 Å². The number of benzene rings is 2. The lowest BCUT2D eigenvalue weighted by atomic mass is 10.1. The molecule has 1 aromatic heterocycles. The van der Waals surface area contributed by atoms with Crippen LogP contribution in [0.15, 0.2) is 58.4 Å². The van der Waals surface area contributed by atoms with Gasteiger partial charge in [-0.1, -0.05) is 35.9 Å². The van der Waals surface area contributed by atoms with Gasteiger partial charge in [-0.05, 0) is 44.5 Å². The van der Waals surface area contributed by atoms with Crippen molar-refractivity contribution in [1.29, 1.82) is 0 Å². The van der Waals surface area contributed by atoms with Crippen LogP contribution in [-0.4, -0.2) is 21.9 Å². The first-order valence-electron chi connectivity index (χ1n) is 8.25. The van der Waals surface area contributed by atoms with E-state index < -0.39 is 0 Å². The van der Waals surface area contributed by atoms with Gasteiger partial charge in [0, 0.05) is 11.3 Å². The minimum absolute atomic E-state index is 0.216. The second-order valence-corrected chi connectivity index (χ2v) is 6.15. The number of hydrazone groups is 1. The van der Waals surface area contributed by atoms with Gasteiger partial charge in [-0.15, -0.1) is 0 Å². The van der Waals surface area contributed by atoms with Gasteiger partial charge in [0.05, 0.1) is 17.5 Å². The van der Waals surface area contributed by atoms with Gasteiger partial charge in [0.1, 0.15) is 0 Å². The van der Waals surface area contributed by atoms with Crippen LogP contribution < -0.4 is 11.0 Å². The van der Waals surface area contributed by atoms with Crippen molar-refractivity contribution < 1.29 is 4.79 Å². The zero-order chi connectivity index (χ0) is 18.7. The van der Waals surface area contributed by atoms with E-state index in [0.717, 1.165) is 16.8 Å². The molecule has 6 heteroatoms. The Morgan fingerprint density at radius 2 is 1.85 bits per heavy atom. The van der Waals surface area contributed by atoms with Crippen LogP contribution in [0.25, 0.3) is 5.69 Å². The number of nitrogens with zero attached hydrogens (tertiary/aromatic N) is 2. The summed E-state index contributed by atoms with van der Waals surface area (Å²) in [6, 6.07) is 14.7. The fourth-order valence-electron chi connectivity index (χ4n) is 2.75. The van der Waals surface area contributed by atoms with Crippen molar-refractivity contribution in [3.8, 4) is 5.69 Å². The van der Waals surface area contributed by atoms with E-state index in [1.165, 1.54) is 10.9 Å². The maximum absolute atomic E-state index is 12.7. The molecule has 0 saturated heterocycles. The molecule has 0 bridgehead atoms. The third-order valence-corrected chi connectivity index (χ3v) is 4.11. The van der Waals surface area contributed by atoms with Crippen LogP contribution in [0.1, 0.15) is 32.7 Å². The van der Waals surface area contributed by atoms with Gasteiger partial charge >= 0.3 is 0 Å². The molecule has 0 fully saturated rings. The number of H-pyrrole nitrogens is 1. The summed E-state index contributed by atoms with van der Waals surface area (Å²) in [5.41, 5.74) is 6.72. The number of hydrogen-bond acceptors (Lipinski definition) is 3. The van der Waals surface area contributed by atoms with Crippen LogP contribution >= 0.6 is 0 Å². The van der Waals surface area contributed by atoms with Crippen molar-refractivity contribution in [3.05, 3.63) is 86.8 Å². The van der Waals surface area contributed by atoms with Crippen LogP contribution in [0.3, 0.4) is 0 Å². The third-order valence-electron chi connectivity index (χ3n) is 4.11. The van der Waals surface area contributed by atoms with E-state index in [0.29, 0.717) is 16.8 Å². The smallest absolute Gasteiger partial charge is 0.280 e. The van der Waals surface area contributed by atoms with E-state index in [1.807, 2.05) is 38.1 Å². The van der Waals surface area contributed by atoms with Crippen molar-refractivity contribution >= 4 is 12.1 Å². The predicted octanol–water partition coefficient (Wildman–Crippen LogP) is 2.85. The third kappa shape index (κ3) is 3.49. The first kappa shape index (κ1) is 17.4. The number of nitrogens with one attached hydrogen (secondary N) is 2. The van der Waals surface area contributed by atoms with Crippen LogP contribution in [0.4, 0.5) is 0 Å². The highest BCUT2D eigenvalue weighted by Gasteiger charge is 2.12. The molecule has 6 nitrogen and oxygen atoms in total. The number of aromatic amines is 1. The zero-order valence-corrected chi connectivity index (χ0v) is 14.9. The lowest BCUT2D eigenvalue weighted by molar-refractivity contribution is 0.0955. The lowest BCUT2D eigenvalue weighted by Gasteiger charge is -2.06. The average Bonchev–Trinajstić information content (AvgIpc) is 2.90. The number of aryl methyl sites for hydroxylation is 3. The Morgan fingerprint density at radius 1 is 1.12 bits per heavy atom. The SMILES string of the molecule is Cc1ccc(-n2[nH]c(C)c(C=NNC(=O)c3ccccc3)c2=O)c(C)c1. The zero-order valence-electron chi connectivity index (χ0n) is 14.9. The molecule has 132 valence electrons. The summed E-state index contributed by atoms with van der Waals surface area (Å²) < 4.78 is 1.49. The standard InChI is InChI=1S/C20H20N4O2/c1-13-9-10-18(14(2)11-13)24-20(26)17(15(3)23-24)12-21-22-19(25)16-7-5-4-6-8-16/h4-12,23H,1-3H3,(H,22,25). The van der Waals surface area contributed by atoms with Gasteiger partial charge in [-0.3, -0.25) is 14.7 Å². The largest absolute Gasteiger partial charge is 0.295 e. The summed E-state index contributed by atoms with van der Waals surface area (Å²) in [6.07, 6.45) is 1.37. The van der Waals surface area contributed by atoms with Gasteiger partial charge in [0.25, 0.3) is 11.5 Å². The Labute approximate surface area is 151 Å². The fourth-order valence-corrected chi connectivity index (χ4v) is 2.75.